The molecule has 10 heteroatoms. The Morgan fingerprint density at radius 1 is 1.06 bits per heavy atom. The molecule has 0 saturated carbocycles. The summed E-state index contributed by atoms with van der Waals surface area (Å²) in [6.45, 7) is 0. The van der Waals surface area contributed by atoms with Crippen molar-refractivity contribution in [2.75, 3.05) is 28.8 Å². The van der Waals surface area contributed by atoms with Crippen LogP contribution in [0.5, 0.6) is 5.75 Å². The highest BCUT2D eigenvalue weighted by atomic mass is 32.2. The Labute approximate surface area is 209 Å². The van der Waals surface area contributed by atoms with E-state index in [9.17, 15) is 4.79 Å². The molecule has 0 spiro atoms. The van der Waals surface area contributed by atoms with Crippen LogP contribution in [0.25, 0.3) is 10.6 Å². The number of aromatic nitrogens is 1. The number of nitrogens with one attached hydrogen (secondary N) is 3. The number of ether oxygens (including phenoxy) is 1. The first-order valence-corrected chi connectivity index (χ1v) is 13.0. The van der Waals surface area contributed by atoms with E-state index in [-0.39, 0.29) is 11.7 Å². The van der Waals surface area contributed by atoms with Gasteiger partial charge in [0.2, 0.25) is 5.91 Å². The molecule has 0 unspecified atom stereocenters. The number of methoxy groups -OCH3 is 1. The fourth-order valence-corrected chi connectivity index (χ4v) is 5.34. The van der Waals surface area contributed by atoms with Gasteiger partial charge in [-0.25, -0.2) is 4.98 Å². The van der Waals surface area contributed by atoms with Crippen LogP contribution in [0.2, 0.25) is 0 Å². The molecule has 0 atom stereocenters. The van der Waals surface area contributed by atoms with Crippen LogP contribution in [0.15, 0.2) is 76.3 Å². The van der Waals surface area contributed by atoms with Crippen molar-refractivity contribution in [3.05, 3.63) is 71.4 Å². The number of para-hydroxylation sites is 2. The Hall–Kier alpha value is -2.92. The van der Waals surface area contributed by atoms with Crippen molar-refractivity contribution in [1.82, 2.24) is 4.98 Å². The number of carbonyl (C=O) groups is 1. The number of thiocarbonyl (C=S) groups is 1. The second-order valence-corrected chi connectivity index (χ2v) is 9.92. The predicted octanol–water partition coefficient (Wildman–Crippen LogP) is 6.42. The van der Waals surface area contributed by atoms with E-state index in [0.29, 0.717) is 16.0 Å². The first kappa shape index (κ1) is 23.2. The van der Waals surface area contributed by atoms with E-state index >= 15 is 0 Å². The number of carbonyl (C=O) groups excluding carboxylic acids is 1. The number of benzene rings is 2. The Morgan fingerprint density at radius 3 is 2.76 bits per heavy atom. The van der Waals surface area contributed by atoms with E-state index < -0.39 is 0 Å². The van der Waals surface area contributed by atoms with E-state index in [0.717, 1.165) is 26.8 Å². The first-order chi connectivity index (χ1) is 16.1. The van der Waals surface area contributed by atoms with Gasteiger partial charge >= 0.3 is 0 Å². The van der Waals surface area contributed by atoms with Gasteiger partial charge in [0, 0.05) is 16.0 Å². The first-order valence-electron chi connectivity index (χ1n) is 9.84. The van der Waals surface area contributed by atoms with Crippen LogP contribution in [0.4, 0.5) is 16.5 Å². The Kier molecular flexibility index (Phi) is 7.95. The molecule has 2 aromatic carbocycles. The number of rotatable bonds is 8. The lowest BCUT2D eigenvalue weighted by atomic mass is 10.3. The van der Waals surface area contributed by atoms with Crippen LogP contribution in [0.1, 0.15) is 0 Å². The van der Waals surface area contributed by atoms with Crippen LogP contribution in [0.3, 0.4) is 0 Å². The fourth-order valence-electron chi connectivity index (χ4n) is 2.87. The highest BCUT2D eigenvalue weighted by Crippen LogP contribution is 2.29. The normalized spacial score (nSPS) is 10.5. The molecule has 0 saturated heterocycles. The minimum atomic E-state index is -0.0983. The van der Waals surface area contributed by atoms with Gasteiger partial charge in [0.1, 0.15) is 5.75 Å². The number of anilines is 3. The number of thioether (sulfide) groups is 1. The third-order valence-corrected chi connectivity index (χ3v) is 7.19. The molecule has 3 N–H and O–H groups in total. The largest absolute Gasteiger partial charge is 0.495 e. The molecule has 0 aliphatic rings. The standard InChI is InChI=1S/C23H20N4O2S4/c1-29-19-9-3-2-8-17(19)25-22(30)24-15-6-4-7-16(12-15)32-14-21(28)27-23-26-18(13-33-23)20-10-5-11-31-20/h2-13H,14H2,1H3,(H2,24,25,30)(H,26,27,28). The number of nitrogens with zero attached hydrogens (tertiary/aromatic N) is 1. The predicted molar refractivity (Wildman–Crippen MR) is 144 cm³/mol. The van der Waals surface area contributed by atoms with Crippen LogP contribution >= 0.6 is 46.7 Å². The molecule has 33 heavy (non-hydrogen) atoms. The Balaban J connectivity index is 1.29. The van der Waals surface area contributed by atoms with Crippen LogP contribution < -0.4 is 20.7 Å². The van der Waals surface area contributed by atoms with Crippen molar-refractivity contribution in [3.63, 3.8) is 0 Å². The molecular weight excluding hydrogens is 493 g/mol. The molecule has 0 fully saturated rings. The van der Waals surface area contributed by atoms with E-state index in [1.807, 2.05) is 71.4 Å². The molecule has 0 aliphatic carbocycles. The van der Waals surface area contributed by atoms with E-state index in [1.165, 1.54) is 23.1 Å². The van der Waals surface area contributed by atoms with Crippen molar-refractivity contribution in [2.45, 2.75) is 4.90 Å². The molecular formula is C23H20N4O2S4. The van der Waals surface area contributed by atoms with Crippen molar-refractivity contribution < 1.29 is 9.53 Å². The van der Waals surface area contributed by atoms with Crippen molar-refractivity contribution >= 4 is 74.2 Å². The molecule has 2 aromatic heterocycles. The average Bonchev–Trinajstić information content (AvgIpc) is 3.50. The topological polar surface area (TPSA) is 75.3 Å². The molecule has 6 nitrogen and oxygen atoms in total. The maximum Gasteiger partial charge on any atom is 0.236 e. The van der Waals surface area contributed by atoms with Gasteiger partial charge in [-0.1, -0.05) is 24.3 Å². The van der Waals surface area contributed by atoms with Gasteiger partial charge in [-0.05, 0) is 54.0 Å². The zero-order valence-electron chi connectivity index (χ0n) is 17.5. The summed E-state index contributed by atoms with van der Waals surface area (Å²) in [4.78, 5) is 18.9. The van der Waals surface area contributed by atoms with Gasteiger partial charge < -0.3 is 20.7 Å². The maximum absolute atomic E-state index is 12.4. The number of thiazole rings is 1. The zero-order chi connectivity index (χ0) is 23.0. The highest BCUT2D eigenvalue weighted by Gasteiger charge is 2.10. The second-order valence-electron chi connectivity index (χ2n) is 6.66. The van der Waals surface area contributed by atoms with Gasteiger partial charge in [-0.15, -0.1) is 34.4 Å². The summed E-state index contributed by atoms with van der Waals surface area (Å²) in [5.41, 5.74) is 2.49. The summed E-state index contributed by atoms with van der Waals surface area (Å²) >= 11 is 9.92. The van der Waals surface area contributed by atoms with E-state index in [2.05, 4.69) is 20.9 Å². The number of hydrogen-bond acceptors (Lipinski definition) is 7. The summed E-state index contributed by atoms with van der Waals surface area (Å²) in [6.07, 6.45) is 0. The monoisotopic (exact) mass is 512 g/mol. The fraction of sp³-hybridized carbons (Fsp3) is 0.0870. The minimum absolute atomic E-state index is 0.0983. The maximum atomic E-state index is 12.4. The lowest BCUT2D eigenvalue weighted by molar-refractivity contribution is -0.113. The molecule has 4 aromatic rings. The summed E-state index contributed by atoms with van der Waals surface area (Å²) in [7, 11) is 1.62. The van der Waals surface area contributed by atoms with Crippen LogP contribution in [-0.2, 0) is 4.79 Å². The van der Waals surface area contributed by atoms with Gasteiger partial charge in [0.15, 0.2) is 10.2 Å². The summed E-state index contributed by atoms with van der Waals surface area (Å²) in [5, 5.41) is 14.2. The SMILES string of the molecule is COc1ccccc1NC(=S)Nc1cccc(SCC(=O)Nc2nc(-c3cccs3)cs2)c1. The molecule has 4 rings (SSSR count). The second kappa shape index (κ2) is 11.3. The van der Waals surface area contributed by atoms with E-state index in [4.69, 9.17) is 17.0 Å². The van der Waals surface area contributed by atoms with E-state index in [1.54, 1.807) is 18.4 Å². The zero-order valence-corrected chi connectivity index (χ0v) is 20.8. The molecule has 0 bridgehead atoms. The van der Waals surface area contributed by atoms with Gasteiger partial charge in [0.25, 0.3) is 0 Å². The van der Waals surface area contributed by atoms with Gasteiger partial charge in [-0.3, -0.25) is 4.79 Å². The molecule has 2 heterocycles. The third kappa shape index (κ3) is 6.55. The van der Waals surface area contributed by atoms with Gasteiger partial charge in [-0.2, -0.15) is 0 Å². The lowest BCUT2D eigenvalue weighted by Gasteiger charge is -2.13. The van der Waals surface area contributed by atoms with Crippen molar-refractivity contribution in [1.29, 1.82) is 0 Å². The lowest BCUT2D eigenvalue weighted by Crippen LogP contribution is -2.19. The number of thiophene rings is 1. The highest BCUT2D eigenvalue weighted by molar-refractivity contribution is 8.00. The summed E-state index contributed by atoms with van der Waals surface area (Å²) in [5.74, 6) is 0.889. The molecule has 168 valence electrons. The number of hydrogen-bond donors (Lipinski definition) is 3. The van der Waals surface area contributed by atoms with Gasteiger partial charge in [0.05, 0.1) is 29.1 Å². The molecule has 0 aliphatic heterocycles. The minimum Gasteiger partial charge on any atom is -0.495 e. The number of amides is 1. The quantitative estimate of drug-likeness (QED) is 0.186. The van der Waals surface area contributed by atoms with Crippen molar-refractivity contribution in [2.24, 2.45) is 0 Å². The third-order valence-electron chi connectivity index (χ3n) is 4.34. The van der Waals surface area contributed by atoms with Crippen LogP contribution in [-0.4, -0.2) is 28.9 Å². The molecule has 1 amide bonds. The Bertz CT molecular complexity index is 1240. The van der Waals surface area contributed by atoms with Crippen molar-refractivity contribution in [3.8, 4) is 16.3 Å². The molecule has 0 radical (unpaired) electrons. The summed E-state index contributed by atoms with van der Waals surface area (Å²) in [6, 6.07) is 19.3. The summed E-state index contributed by atoms with van der Waals surface area (Å²) < 4.78 is 5.34. The Morgan fingerprint density at radius 2 is 1.94 bits per heavy atom. The van der Waals surface area contributed by atoms with Crippen LogP contribution in [0, 0.1) is 0 Å². The smallest absolute Gasteiger partial charge is 0.236 e. The average molecular weight is 513 g/mol.